The molecule has 29 heavy (non-hydrogen) atoms. The highest BCUT2D eigenvalue weighted by atomic mass is 15.2. The Morgan fingerprint density at radius 3 is 2.76 bits per heavy atom. The second-order valence-electron chi connectivity index (χ2n) is 9.83. The predicted molar refractivity (Wildman–Crippen MR) is 121 cm³/mol. The van der Waals surface area contributed by atoms with Crippen LogP contribution >= 0.6 is 0 Å². The van der Waals surface area contributed by atoms with Gasteiger partial charge in [-0.25, -0.2) is 0 Å². The van der Waals surface area contributed by atoms with Gasteiger partial charge in [0.1, 0.15) is 0 Å². The molecule has 5 atom stereocenters. The lowest BCUT2D eigenvalue weighted by atomic mass is 9.83. The second kappa shape index (κ2) is 7.81. The Morgan fingerprint density at radius 1 is 1.14 bits per heavy atom. The van der Waals surface area contributed by atoms with E-state index in [1.165, 1.54) is 56.5 Å². The first kappa shape index (κ1) is 19.2. The molecule has 2 saturated heterocycles. The number of likely N-dealkylation sites (tertiary alicyclic amines) is 2. The molecule has 1 aliphatic carbocycles. The minimum Gasteiger partial charge on any atom is -0.306 e. The number of nitrogens with zero attached hydrogens (tertiary/aromatic N) is 4. The summed E-state index contributed by atoms with van der Waals surface area (Å²) in [6.45, 7) is 8.83. The Labute approximate surface area is 175 Å². The first-order valence-corrected chi connectivity index (χ1v) is 11.3. The van der Waals surface area contributed by atoms with Gasteiger partial charge in [0.2, 0.25) is 0 Å². The molecule has 4 nitrogen and oxygen atoms in total. The normalized spacial score (nSPS) is 32.9. The van der Waals surface area contributed by atoms with E-state index in [9.17, 15) is 0 Å². The van der Waals surface area contributed by atoms with Crippen molar-refractivity contribution in [2.75, 3.05) is 46.8 Å². The molecule has 4 heteroatoms. The molecule has 3 aliphatic rings. The van der Waals surface area contributed by atoms with Crippen LogP contribution in [-0.2, 0) is 0 Å². The second-order valence-corrected chi connectivity index (χ2v) is 9.83. The fourth-order valence-electron chi connectivity index (χ4n) is 6.31. The average Bonchev–Trinajstić information content (AvgIpc) is 3.18. The minimum absolute atomic E-state index is 0.600. The molecule has 0 amide bonds. The lowest BCUT2D eigenvalue weighted by molar-refractivity contribution is 0.157. The first-order chi connectivity index (χ1) is 14.1. The van der Waals surface area contributed by atoms with Crippen molar-refractivity contribution < 1.29 is 0 Å². The number of hydrogen-bond donors (Lipinski definition) is 0. The van der Waals surface area contributed by atoms with Crippen LogP contribution in [0.25, 0.3) is 10.9 Å². The zero-order valence-corrected chi connectivity index (χ0v) is 18.1. The molecule has 5 rings (SSSR count). The molecule has 0 spiro atoms. The van der Waals surface area contributed by atoms with E-state index in [1.807, 2.05) is 19.5 Å². The fraction of sp³-hybridized carbons (Fsp3) is 0.600. The Hall–Kier alpha value is -1.78. The van der Waals surface area contributed by atoms with Crippen molar-refractivity contribution in [2.24, 2.45) is 28.7 Å². The number of piperidine rings is 2. The van der Waals surface area contributed by atoms with Crippen LogP contribution in [0.15, 0.2) is 35.5 Å². The number of benzene rings is 1. The Balaban J connectivity index is 1.31. The molecule has 2 aromatic rings. The van der Waals surface area contributed by atoms with Gasteiger partial charge >= 0.3 is 0 Å². The van der Waals surface area contributed by atoms with E-state index in [1.54, 1.807) is 0 Å². The third-order valence-corrected chi connectivity index (χ3v) is 7.61. The monoisotopic (exact) mass is 390 g/mol. The Kier molecular flexibility index (Phi) is 5.17. The average molecular weight is 391 g/mol. The summed E-state index contributed by atoms with van der Waals surface area (Å²) in [4.78, 5) is 14.2. The van der Waals surface area contributed by atoms with Gasteiger partial charge in [-0.15, -0.1) is 0 Å². The summed E-state index contributed by atoms with van der Waals surface area (Å²) in [6.07, 6.45) is 6.51. The van der Waals surface area contributed by atoms with Crippen molar-refractivity contribution in [3.8, 4) is 0 Å². The van der Waals surface area contributed by atoms with E-state index in [4.69, 9.17) is 4.98 Å². The van der Waals surface area contributed by atoms with Gasteiger partial charge in [0.05, 0.1) is 5.52 Å². The van der Waals surface area contributed by atoms with Crippen LogP contribution in [0.1, 0.15) is 36.8 Å². The number of aromatic nitrogens is 1. The number of fused-ring (bicyclic) bond motifs is 2. The quantitative estimate of drug-likeness (QED) is 0.726. The molecule has 0 bridgehead atoms. The standard InChI is InChI=1S/C25H34N4/c1-17-11-19(14-29(13-17)10-8-21-23-15-28(3)16-24(21)23)20-7-6-18(12-26-2)25-22(20)5-4-9-27-25/h4-7,9,12,17,19,21,23-24H,8,10-11,13-16H2,1-3H3/t17-,19-,21?,23-,24+/m1/s1. The largest absolute Gasteiger partial charge is 0.306 e. The summed E-state index contributed by atoms with van der Waals surface area (Å²) in [5.74, 6) is 4.35. The van der Waals surface area contributed by atoms with Gasteiger partial charge in [0.15, 0.2) is 0 Å². The Bertz CT molecular complexity index is 895. The topological polar surface area (TPSA) is 31.7 Å². The lowest BCUT2D eigenvalue weighted by Gasteiger charge is -2.37. The number of aliphatic imine (C=N–C) groups is 1. The summed E-state index contributed by atoms with van der Waals surface area (Å²) in [6, 6.07) is 8.87. The molecule has 3 heterocycles. The molecular weight excluding hydrogens is 356 g/mol. The zero-order chi connectivity index (χ0) is 20.0. The van der Waals surface area contributed by atoms with Gasteiger partial charge in [-0.1, -0.05) is 25.1 Å². The molecule has 1 aromatic carbocycles. The van der Waals surface area contributed by atoms with Gasteiger partial charge in [-0.05, 0) is 67.7 Å². The van der Waals surface area contributed by atoms with Crippen LogP contribution < -0.4 is 0 Å². The van der Waals surface area contributed by atoms with E-state index in [0.717, 1.165) is 34.8 Å². The summed E-state index contributed by atoms with van der Waals surface area (Å²) in [7, 11) is 4.10. The molecule has 1 saturated carbocycles. The molecule has 2 aliphatic heterocycles. The highest BCUT2D eigenvalue weighted by molar-refractivity contribution is 5.98. The van der Waals surface area contributed by atoms with Crippen LogP contribution in [0.2, 0.25) is 0 Å². The van der Waals surface area contributed by atoms with Gasteiger partial charge < -0.3 is 9.80 Å². The molecule has 154 valence electrons. The number of hydrogen-bond acceptors (Lipinski definition) is 4. The summed E-state index contributed by atoms with van der Waals surface area (Å²) in [5, 5.41) is 1.31. The summed E-state index contributed by atoms with van der Waals surface area (Å²) < 4.78 is 0. The van der Waals surface area contributed by atoms with Crippen LogP contribution in [0.4, 0.5) is 0 Å². The van der Waals surface area contributed by atoms with Crippen LogP contribution in [0.5, 0.6) is 0 Å². The third-order valence-electron chi connectivity index (χ3n) is 7.61. The first-order valence-electron chi connectivity index (χ1n) is 11.3. The predicted octanol–water partition coefficient (Wildman–Crippen LogP) is 3.91. The van der Waals surface area contributed by atoms with Crippen molar-refractivity contribution >= 4 is 17.1 Å². The smallest absolute Gasteiger partial charge is 0.0792 e. The zero-order valence-electron chi connectivity index (χ0n) is 18.1. The van der Waals surface area contributed by atoms with Crippen molar-refractivity contribution in [3.63, 3.8) is 0 Å². The van der Waals surface area contributed by atoms with Crippen molar-refractivity contribution in [1.82, 2.24) is 14.8 Å². The van der Waals surface area contributed by atoms with Gasteiger partial charge in [-0.2, -0.15) is 0 Å². The molecule has 1 aromatic heterocycles. The van der Waals surface area contributed by atoms with Crippen molar-refractivity contribution in [2.45, 2.75) is 25.7 Å². The SMILES string of the molecule is CN=Cc1ccc([C@@H]2C[C@@H](C)CN(CCC3[C@H]4CN(C)C[C@@H]34)C2)c2cccnc12. The van der Waals surface area contributed by atoms with Gasteiger partial charge in [-0.3, -0.25) is 9.98 Å². The highest BCUT2D eigenvalue weighted by Crippen LogP contribution is 2.53. The highest BCUT2D eigenvalue weighted by Gasteiger charge is 2.53. The maximum Gasteiger partial charge on any atom is 0.0792 e. The third kappa shape index (κ3) is 3.73. The van der Waals surface area contributed by atoms with Crippen LogP contribution in [0, 0.1) is 23.7 Å². The van der Waals surface area contributed by atoms with E-state index in [-0.39, 0.29) is 0 Å². The van der Waals surface area contributed by atoms with E-state index < -0.39 is 0 Å². The van der Waals surface area contributed by atoms with Crippen LogP contribution in [-0.4, -0.2) is 67.8 Å². The maximum absolute atomic E-state index is 4.69. The van der Waals surface area contributed by atoms with Crippen LogP contribution in [0.3, 0.4) is 0 Å². The van der Waals surface area contributed by atoms with E-state index >= 15 is 0 Å². The molecule has 3 fully saturated rings. The molecule has 0 radical (unpaired) electrons. The van der Waals surface area contributed by atoms with E-state index in [0.29, 0.717) is 5.92 Å². The number of rotatable bonds is 5. The minimum atomic E-state index is 0.600. The number of pyridine rings is 1. The molecule has 0 N–H and O–H groups in total. The van der Waals surface area contributed by atoms with Gasteiger partial charge in [0, 0.05) is 56.6 Å². The maximum atomic E-state index is 4.69. The van der Waals surface area contributed by atoms with Gasteiger partial charge in [0.25, 0.3) is 0 Å². The Morgan fingerprint density at radius 2 is 1.97 bits per heavy atom. The molecule has 1 unspecified atom stereocenters. The van der Waals surface area contributed by atoms with Crippen molar-refractivity contribution in [3.05, 3.63) is 41.6 Å². The lowest BCUT2D eigenvalue weighted by Crippen LogP contribution is -2.39. The summed E-state index contributed by atoms with van der Waals surface area (Å²) >= 11 is 0. The van der Waals surface area contributed by atoms with Crippen molar-refractivity contribution in [1.29, 1.82) is 0 Å². The van der Waals surface area contributed by atoms with E-state index in [2.05, 4.69) is 53.0 Å². The summed E-state index contributed by atoms with van der Waals surface area (Å²) in [5.41, 5.74) is 3.69. The fourth-order valence-corrected chi connectivity index (χ4v) is 6.31. The molecular formula is C25H34N4.